The van der Waals surface area contributed by atoms with Gasteiger partial charge in [0.15, 0.2) is 5.69 Å². The fourth-order valence-corrected chi connectivity index (χ4v) is 1.55. The number of carboxylic acids is 1. The molecule has 0 saturated carbocycles. The standard InChI is InChI=1S/C9H9N3O3/c1-2-12-3-5-6(7(12)9(14)15)10-4-11-8(5)13/h3-4H,2H2,1H3,(H,14,15)(H,10,11,13). The van der Waals surface area contributed by atoms with Crippen LogP contribution in [0.5, 0.6) is 0 Å². The number of H-pyrrole nitrogens is 1. The maximum atomic E-state index is 11.4. The average Bonchev–Trinajstić information content (AvgIpc) is 2.57. The summed E-state index contributed by atoms with van der Waals surface area (Å²) in [4.78, 5) is 28.7. The van der Waals surface area contributed by atoms with Crippen molar-refractivity contribution in [2.24, 2.45) is 0 Å². The van der Waals surface area contributed by atoms with Gasteiger partial charge in [0.1, 0.15) is 5.52 Å². The Hall–Kier alpha value is -2.11. The lowest BCUT2D eigenvalue weighted by Gasteiger charge is -1.99. The third kappa shape index (κ3) is 1.30. The molecule has 0 saturated heterocycles. The van der Waals surface area contributed by atoms with E-state index in [4.69, 9.17) is 5.11 Å². The fourth-order valence-electron chi connectivity index (χ4n) is 1.55. The maximum Gasteiger partial charge on any atom is 0.354 e. The summed E-state index contributed by atoms with van der Waals surface area (Å²) >= 11 is 0. The molecule has 2 rings (SSSR count). The van der Waals surface area contributed by atoms with Crippen molar-refractivity contribution in [2.75, 3.05) is 0 Å². The second-order valence-corrected chi connectivity index (χ2v) is 3.06. The summed E-state index contributed by atoms with van der Waals surface area (Å²) in [5.74, 6) is -1.08. The van der Waals surface area contributed by atoms with E-state index in [1.165, 1.54) is 17.1 Å². The third-order valence-electron chi connectivity index (χ3n) is 2.23. The van der Waals surface area contributed by atoms with Crippen molar-refractivity contribution < 1.29 is 9.90 Å². The third-order valence-corrected chi connectivity index (χ3v) is 2.23. The highest BCUT2D eigenvalue weighted by Gasteiger charge is 2.17. The van der Waals surface area contributed by atoms with Crippen LogP contribution in [0.1, 0.15) is 17.4 Å². The van der Waals surface area contributed by atoms with Crippen LogP contribution in [0.25, 0.3) is 10.9 Å². The smallest absolute Gasteiger partial charge is 0.354 e. The SMILES string of the molecule is CCn1cc2c(=O)[nH]cnc2c1C(=O)O. The van der Waals surface area contributed by atoms with Crippen LogP contribution in [0.2, 0.25) is 0 Å². The highest BCUT2D eigenvalue weighted by molar-refractivity contribution is 6.00. The number of carboxylic acid groups (broad SMARTS) is 1. The molecule has 0 radical (unpaired) electrons. The number of hydrogen-bond acceptors (Lipinski definition) is 3. The molecule has 2 N–H and O–H groups in total. The minimum atomic E-state index is -1.08. The zero-order valence-corrected chi connectivity index (χ0v) is 8.02. The van der Waals surface area contributed by atoms with E-state index in [0.29, 0.717) is 11.9 Å². The molecule has 0 amide bonds. The molecule has 15 heavy (non-hydrogen) atoms. The zero-order chi connectivity index (χ0) is 11.0. The predicted octanol–water partition coefficient (Wildman–Crippen LogP) is 0.443. The number of aromatic nitrogens is 3. The van der Waals surface area contributed by atoms with Crippen molar-refractivity contribution in [3.8, 4) is 0 Å². The lowest BCUT2D eigenvalue weighted by molar-refractivity contribution is 0.0687. The summed E-state index contributed by atoms with van der Waals surface area (Å²) in [7, 11) is 0. The topological polar surface area (TPSA) is 88.0 Å². The second kappa shape index (κ2) is 3.23. The van der Waals surface area contributed by atoms with E-state index in [1.807, 2.05) is 0 Å². The van der Waals surface area contributed by atoms with Crippen LogP contribution in [0.15, 0.2) is 17.3 Å². The molecule has 0 spiro atoms. The van der Waals surface area contributed by atoms with Gasteiger partial charge in [-0.15, -0.1) is 0 Å². The van der Waals surface area contributed by atoms with E-state index < -0.39 is 5.97 Å². The molecule has 6 nitrogen and oxygen atoms in total. The minimum absolute atomic E-state index is 0.0543. The second-order valence-electron chi connectivity index (χ2n) is 3.06. The van der Waals surface area contributed by atoms with Crippen molar-refractivity contribution in [3.63, 3.8) is 0 Å². The number of rotatable bonds is 2. The molecule has 78 valence electrons. The highest BCUT2D eigenvalue weighted by atomic mass is 16.4. The van der Waals surface area contributed by atoms with Crippen LogP contribution in [-0.4, -0.2) is 25.6 Å². The van der Waals surface area contributed by atoms with Gasteiger partial charge in [0.25, 0.3) is 5.56 Å². The van der Waals surface area contributed by atoms with Gasteiger partial charge in [-0.05, 0) is 6.92 Å². The predicted molar refractivity (Wildman–Crippen MR) is 53.0 cm³/mol. The lowest BCUT2D eigenvalue weighted by atomic mass is 10.3. The van der Waals surface area contributed by atoms with Crippen LogP contribution < -0.4 is 5.56 Å². The molecular formula is C9H9N3O3. The van der Waals surface area contributed by atoms with E-state index >= 15 is 0 Å². The quantitative estimate of drug-likeness (QED) is 0.748. The largest absolute Gasteiger partial charge is 0.477 e. The molecule has 0 fully saturated rings. The lowest BCUT2D eigenvalue weighted by Crippen LogP contribution is -2.08. The maximum absolute atomic E-state index is 11.4. The normalized spacial score (nSPS) is 10.7. The first kappa shape index (κ1) is 9.45. The Morgan fingerprint density at radius 2 is 2.40 bits per heavy atom. The van der Waals surface area contributed by atoms with E-state index in [1.54, 1.807) is 6.92 Å². The Bertz CT molecular complexity index is 582. The number of hydrogen-bond donors (Lipinski definition) is 2. The summed E-state index contributed by atoms with van der Waals surface area (Å²) < 4.78 is 1.50. The van der Waals surface area contributed by atoms with E-state index in [-0.39, 0.29) is 16.8 Å². The summed E-state index contributed by atoms with van der Waals surface area (Å²) in [5, 5.41) is 9.30. The van der Waals surface area contributed by atoms with Gasteiger partial charge in [-0.2, -0.15) is 0 Å². The van der Waals surface area contributed by atoms with Crippen LogP contribution in [0, 0.1) is 0 Å². The van der Waals surface area contributed by atoms with Gasteiger partial charge in [0.2, 0.25) is 0 Å². The molecule has 0 aliphatic carbocycles. The zero-order valence-electron chi connectivity index (χ0n) is 8.02. The summed E-state index contributed by atoms with van der Waals surface area (Å²) in [6, 6.07) is 0. The number of aryl methyl sites for hydroxylation is 1. The number of aromatic amines is 1. The van der Waals surface area contributed by atoms with Crippen LogP contribution in [-0.2, 0) is 6.54 Å². The molecule has 0 unspecified atom stereocenters. The van der Waals surface area contributed by atoms with Gasteiger partial charge >= 0.3 is 5.97 Å². The van der Waals surface area contributed by atoms with E-state index in [0.717, 1.165) is 0 Å². The molecule has 0 bridgehead atoms. The number of fused-ring (bicyclic) bond motifs is 1. The van der Waals surface area contributed by atoms with Crippen molar-refractivity contribution in [3.05, 3.63) is 28.6 Å². The van der Waals surface area contributed by atoms with Crippen LogP contribution >= 0.6 is 0 Å². The fraction of sp³-hybridized carbons (Fsp3) is 0.222. The first-order valence-corrected chi connectivity index (χ1v) is 4.45. The first-order chi connectivity index (χ1) is 7.15. The van der Waals surface area contributed by atoms with Gasteiger partial charge in [0.05, 0.1) is 11.7 Å². The number of aromatic carboxylic acids is 1. The van der Waals surface area contributed by atoms with Crippen molar-refractivity contribution in [1.82, 2.24) is 14.5 Å². The Balaban J connectivity index is 2.92. The number of nitrogens with zero attached hydrogens (tertiary/aromatic N) is 2. The Morgan fingerprint density at radius 3 is 3.00 bits per heavy atom. The number of carbonyl (C=O) groups is 1. The van der Waals surface area contributed by atoms with Gasteiger partial charge in [0, 0.05) is 12.7 Å². The van der Waals surface area contributed by atoms with Crippen LogP contribution in [0.4, 0.5) is 0 Å². The van der Waals surface area contributed by atoms with Crippen molar-refractivity contribution >= 4 is 16.9 Å². The summed E-state index contributed by atoms with van der Waals surface area (Å²) in [5.41, 5.74) is -0.0404. The first-order valence-electron chi connectivity index (χ1n) is 4.45. The Labute approximate surface area is 84.2 Å². The van der Waals surface area contributed by atoms with Crippen molar-refractivity contribution in [2.45, 2.75) is 13.5 Å². The molecule has 0 aliphatic heterocycles. The molecule has 6 heteroatoms. The van der Waals surface area contributed by atoms with Crippen molar-refractivity contribution in [1.29, 1.82) is 0 Å². The summed E-state index contributed by atoms with van der Waals surface area (Å²) in [6.45, 7) is 2.29. The van der Waals surface area contributed by atoms with Gasteiger partial charge in [-0.3, -0.25) is 4.79 Å². The molecule has 2 heterocycles. The molecule has 0 atom stereocenters. The van der Waals surface area contributed by atoms with Gasteiger partial charge < -0.3 is 14.7 Å². The van der Waals surface area contributed by atoms with Crippen LogP contribution in [0.3, 0.4) is 0 Å². The van der Waals surface area contributed by atoms with E-state index in [2.05, 4.69) is 9.97 Å². The molecule has 0 aromatic carbocycles. The van der Waals surface area contributed by atoms with Gasteiger partial charge in [-0.25, -0.2) is 9.78 Å². The Kier molecular flexibility index (Phi) is 2.03. The molecule has 2 aromatic heterocycles. The highest BCUT2D eigenvalue weighted by Crippen LogP contribution is 2.15. The molecular weight excluding hydrogens is 198 g/mol. The monoisotopic (exact) mass is 207 g/mol. The molecule has 0 aliphatic rings. The minimum Gasteiger partial charge on any atom is -0.477 e. The van der Waals surface area contributed by atoms with E-state index in [9.17, 15) is 9.59 Å². The number of nitrogens with one attached hydrogen (secondary N) is 1. The average molecular weight is 207 g/mol. The van der Waals surface area contributed by atoms with Gasteiger partial charge in [-0.1, -0.05) is 0 Å². The Morgan fingerprint density at radius 1 is 1.67 bits per heavy atom. The summed E-state index contributed by atoms with van der Waals surface area (Å²) in [6.07, 6.45) is 2.71. The molecule has 2 aromatic rings.